The highest BCUT2D eigenvalue weighted by Gasteiger charge is 2.20. The number of aliphatic hydroxyl groups excluding tert-OH is 2. The standard InChI is InChI=1S/C65H121NO5/c1-3-5-7-9-11-13-15-17-19-21-22-23-24-25-26-27-29-30-33-37-41-45-49-53-57-63(68)62(61-67)66-64(69)58-54-50-46-42-38-34-32-36-40-44-48-52-56-60-71-65(70)59-55-51-47-43-39-35-31-28-20-18-16-14-12-10-8-6-4-2/h12,14,18,20,34,38,46,50,62-63,67-68H,3-11,13,15-17,19,21-33,35-37,39-45,47-49,51-61H2,1-2H3,(H,66,69)/b14-12-,20-18-,38-34-,50-46-. The van der Waals surface area contributed by atoms with Crippen LogP contribution in [0.3, 0.4) is 0 Å². The van der Waals surface area contributed by atoms with Gasteiger partial charge in [-0.25, -0.2) is 0 Å². The molecule has 0 saturated heterocycles. The Kier molecular flexibility index (Phi) is 58.5. The number of amides is 1. The predicted molar refractivity (Wildman–Crippen MR) is 310 cm³/mol. The average Bonchev–Trinajstić information content (AvgIpc) is 3.37. The Morgan fingerprint density at radius 3 is 1.13 bits per heavy atom. The van der Waals surface area contributed by atoms with E-state index in [-0.39, 0.29) is 18.5 Å². The van der Waals surface area contributed by atoms with E-state index in [9.17, 15) is 19.8 Å². The largest absolute Gasteiger partial charge is 0.466 e. The van der Waals surface area contributed by atoms with Gasteiger partial charge in [0.25, 0.3) is 0 Å². The monoisotopic (exact) mass is 996 g/mol. The van der Waals surface area contributed by atoms with Crippen molar-refractivity contribution < 1.29 is 24.5 Å². The smallest absolute Gasteiger partial charge is 0.305 e. The van der Waals surface area contributed by atoms with Gasteiger partial charge in [-0.3, -0.25) is 9.59 Å². The van der Waals surface area contributed by atoms with Crippen LogP contribution in [0.15, 0.2) is 48.6 Å². The van der Waals surface area contributed by atoms with Crippen LogP contribution in [0, 0.1) is 0 Å². The van der Waals surface area contributed by atoms with Crippen molar-refractivity contribution in [2.24, 2.45) is 0 Å². The van der Waals surface area contributed by atoms with Crippen LogP contribution < -0.4 is 5.32 Å². The van der Waals surface area contributed by atoms with Gasteiger partial charge in [0.1, 0.15) is 0 Å². The van der Waals surface area contributed by atoms with Gasteiger partial charge in [-0.05, 0) is 77.0 Å². The van der Waals surface area contributed by atoms with Crippen molar-refractivity contribution in [3.8, 4) is 0 Å². The number of ether oxygens (including phenoxy) is 1. The van der Waals surface area contributed by atoms with Crippen LogP contribution >= 0.6 is 0 Å². The molecule has 1 amide bonds. The molecule has 0 aromatic carbocycles. The van der Waals surface area contributed by atoms with Gasteiger partial charge in [0, 0.05) is 12.8 Å². The van der Waals surface area contributed by atoms with E-state index in [0.29, 0.717) is 32.3 Å². The number of unbranched alkanes of at least 4 members (excludes halogenated alkanes) is 39. The van der Waals surface area contributed by atoms with E-state index in [1.165, 1.54) is 231 Å². The van der Waals surface area contributed by atoms with E-state index >= 15 is 0 Å². The molecule has 0 aromatic rings. The Labute approximate surface area is 442 Å². The van der Waals surface area contributed by atoms with E-state index < -0.39 is 12.1 Å². The molecule has 0 bridgehead atoms. The van der Waals surface area contributed by atoms with Gasteiger partial charge in [0.05, 0.1) is 25.4 Å². The fourth-order valence-electron chi connectivity index (χ4n) is 9.54. The summed E-state index contributed by atoms with van der Waals surface area (Å²) in [7, 11) is 0. The highest BCUT2D eigenvalue weighted by molar-refractivity contribution is 5.76. The molecule has 6 nitrogen and oxygen atoms in total. The molecule has 0 aliphatic rings. The number of nitrogens with one attached hydrogen (secondary N) is 1. The first-order chi connectivity index (χ1) is 35.0. The molecular weight excluding hydrogens is 875 g/mol. The lowest BCUT2D eigenvalue weighted by Gasteiger charge is -2.22. The van der Waals surface area contributed by atoms with E-state index in [1.807, 2.05) is 6.08 Å². The predicted octanol–water partition coefficient (Wildman–Crippen LogP) is 19.7. The molecular formula is C65H121NO5. The first-order valence-corrected chi connectivity index (χ1v) is 31.4. The Balaban J connectivity index is 3.52. The number of aliphatic hydroxyl groups is 2. The SMILES string of the molecule is CCCCC/C=C\C/C=C\CCCCCCCCCC(=O)OCCCCCCCC/C=C\C/C=C\CCC(=O)NC(CO)C(O)CCCCCCCCCCCCCCCCCCCCCCCCCC. The van der Waals surface area contributed by atoms with Crippen LogP contribution in [-0.4, -0.2) is 47.4 Å². The van der Waals surface area contributed by atoms with Crippen molar-refractivity contribution in [1.82, 2.24) is 5.32 Å². The molecule has 0 aliphatic heterocycles. The van der Waals surface area contributed by atoms with Crippen molar-refractivity contribution in [3.05, 3.63) is 48.6 Å². The normalized spacial score (nSPS) is 12.9. The van der Waals surface area contributed by atoms with E-state index in [1.54, 1.807) is 0 Å². The van der Waals surface area contributed by atoms with E-state index in [4.69, 9.17) is 4.74 Å². The Morgan fingerprint density at radius 2 is 0.718 bits per heavy atom. The lowest BCUT2D eigenvalue weighted by Crippen LogP contribution is -2.45. The van der Waals surface area contributed by atoms with Crippen LogP contribution in [0.1, 0.15) is 328 Å². The van der Waals surface area contributed by atoms with Crippen LogP contribution in [0.2, 0.25) is 0 Å². The van der Waals surface area contributed by atoms with Crippen LogP contribution in [0.4, 0.5) is 0 Å². The summed E-state index contributed by atoms with van der Waals surface area (Å²) in [5.74, 6) is -0.138. The lowest BCUT2D eigenvalue weighted by atomic mass is 10.0. The van der Waals surface area contributed by atoms with Gasteiger partial charge in [-0.1, -0.05) is 287 Å². The fourth-order valence-corrected chi connectivity index (χ4v) is 9.54. The minimum atomic E-state index is -0.702. The number of hydrogen-bond acceptors (Lipinski definition) is 5. The van der Waals surface area contributed by atoms with Gasteiger partial charge in [-0.15, -0.1) is 0 Å². The van der Waals surface area contributed by atoms with Crippen molar-refractivity contribution in [2.75, 3.05) is 13.2 Å². The molecule has 0 fully saturated rings. The highest BCUT2D eigenvalue weighted by atomic mass is 16.5. The molecule has 0 aromatic heterocycles. The Bertz CT molecular complexity index is 1190. The second-order valence-electron chi connectivity index (χ2n) is 21.4. The molecule has 71 heavy (non-hydrogen) atoms. The van der Waals surface area contributed by atoms with Crippen LogP contribution in [0.25, 0.3) is 0 Å². The first-order valence-electron chi connectivity index (χ1n) is 31.4. The molecule has 0 aliphatic carbocycles. The minimum Gasteiger partial charge on any atom is -0.466 e. The number of esters is 1. The second kappa shape index (κ2) is 60.4. The lowest BCUT2D eigenvalue weighted by molar-refractivity contribution is -0.143. The van der Waals surface area contributed by atoms with E-state index in [0.717, 1.165) is 57.8 Å². The second-order valence-corrected chi connectivity index (χ2v) is 21.4. The summed E-state index contributed by atoms with van der Waals surface area (Å²) in [6, 6.07) is -0.588. The maximum Gasteiger partial charge on any atom is 0.305 e. The quantitative estimate of drug-likeness (QED) is 0.0321. The van der Waals surface area contributed by atoms with Crippen LogP contribution in [-0.2, 0) is 14.3 Å². The summed E-state index contributed by atoms with van der Waals surface area (Å²) in [6.45, 7) is 4.88. The van der Waals surface area contributed by atoms with Gasteiger partial charge in [0.15, 0.2) is 0 Å². The summed E-state index contributed by atoms with van der Waals surface area (Å²) in [5.41, 5.74) is 0. The third-order valence-corrected chi connectivity index (χ3v) is 14.4. The van der Waals surface area contributed by atoms with Crippen LogP contribution in [0.5, 0.6) is 0 Å². The number of allylic oxidation sites excluding steroid dienone is 8. The molecule has 2 unspecified atom stereocenters. The molecule has 0 heterocycles. The highest BCUT2D eigenvalue weighted by Crippen LogP contribution is 2.17. The minimum absolute atomic E-state index is 0.0243. The molecule has 416 valence electrons. The number of carbonyl (C=O) groups excluding carboxylic acids is 2. The van der Waals surface area contributed by atoms with E-state index in [2.05, 4.69) is 61.7 Å². The average molecular weight is 997 g/mol. The summed E-state index contributed by atoms with van der Waals surface area (Å²) in [4.78, 5) is 24.6. The zero-order valence-corrected chi connectivity index (χ0v) is 47.5. The summed E-state index contributed by atoms with van der Waals surface area (Å²) in [5, 5.41) is 23.3. The van der Waals surface area contributed by atoms with Gasteiger partial charge < -0.3 is 20.3 Å². The van der Waals surface area contributed by atoms with Gasteiger partial charge in [-0.2, -0.15) is 0 Å². The molecule has 0 rings (SSSR count). The zero-order chi connectivity index (χ0) is 51.4. The third kappa shape index (κ3) is 57.0. The molecule has 0 saturated carbocycles. The van der Waals surface area contributed by atoms with Crippen molar-refractivity contribution in [2.45, 2.75) is 341 Å². The third-order valence-electron chi connectivity index (χ3n) is 14.4. The molecule has 0 radical (unpaired) electrons. The summed E-state index contributed by atoms with van der Waals surface area (Å²) < 4.78 is 5.47. The summed E-state index contributed by atoms with van der Waals surface area (Å²) >= 11 is 0. The molecule has 0 spiro atoms. The number of hydrogen-bond donors (Lipinski definition) is 3. The molecule has 2 atom stereocenters. The molecule has 6 heteroatoms. The number of carbonyl (C=O) groups is 2. The summed E-state index contributed by atoms with van der Waals surface area (Å²) in [6.07, 6.45) is 77.0. The first kappa shape index (κ1) is 68.8. The van der Waals surface area contributed by atoms with Gasteiger partial charge >= 0.3 is 5.97 Å². The fraction of sp³-hybridized carbons (Fsp3) is 0.846. The van der Waals surface area contributed by atoms with Crippen molar-refractivity contribution in [3.63, 3.8) is 0 Å². The Hall–Kier alpha value is -2.18. The van der Waals surface area contributed by atoms with Crippen molar-refractivity contribution in [1.29, 1.82) is 0 Å². The zero-order valence-electron chi connectivity index (χ0n) is 47.5. The number of rotatable bonds is 58. The molecule has 3 N–H and O–H groups in total. The topological polar surface area (TPSA) is 95.9 Å². The maximum absolute atomic E-state index is 12.5. The van der Waals surface area contributed by atoms with Gasteiger partial charge in [0.2, 0.25) is 5.91 Å². The Morgan fingerprint density at radius 1 is 0.394 bits per heavy atom. The van der Waals surface area contributed by atoms with Crippen molar-refractivity contribution >= 4 is 11.9 Å². The maximum atomic E-state index is 12.5.